The van der Waals surface area contributed by atoms with Gasteiger partial charge in [-0.05, 0) is 91.8 Å². The molecule has 2 aromatic carbocycles. The number of rotatable bonds is 5. The SMILES string of the molecule is COc1ccc(-c2cn3ccc(C)cc3n2)cc1NS(=O)(=O)c1ccc2c(c1)CCCC2. The predicted molar refractivity (Wildman–Crippen MR) is 126 cm³/mol. The molecule has 1 aliphatic carbocycles. The van der Waals surface area contributed by atoms with Gasteiger partial charge in [0.25, 0.3) is 10.0 Å². The summed E-state index contributed by atoms with van der Waals surface area (Å²) >= 11 is 0. The van der Waals surface area contributed by atoms with Gasteiger partial charge in [0.2, 0.25) is 0 Å². The van der Waals surface area contributed by atoms with Crippen LogP contribution in [-0.2, 0) is 22.9 Å². The van der Waals surface area contributed by atoms with Gasteiger partial charge in [-0.2, -0.15) is 0 Å². The standard InChI is InChI=1S/C25H25N3O3S/c1-17-11-12-28-16-23(26-25(28)13-17)20-8-10-24(31-2)22(15-20)27-32(29,30)21-9-7-18-5-3-4-6-19(18)14-21/h7-16,27H,3-6H2,1-2H3. The van der Waals surface area contributed by atoms with Crippen molar-refractivity contribution in [1.82, 2.24) is 9.38 Å². The highest BCUT2D eigenvalue weighted by atomic mass is 32.2. The van der Waals surface area contributed by atoms with E-state index in [0.717, 1.165) is 53.7 Å². The topological polar surface area (TPSA) is 72.7 Å². The molecule has 6 nitrogen and oxygen atoms in total. The van der Waals surface area contributed by atoms with E-state index in [0.29, 0.717) is 11.4 Å². The molecule has 164 valence electrons. The number of imidazole rings is 1. The van der Waals surface area contributed by atoms with Gasteiger partial charge in [-0.25, -0.2) is 13.4 Å². The quantitative estimate of drug-likeness (QED) is 0.467. The zero-order chi connectivity index (χ0) is 22.3. The normalized spacial score (nSPS) is 13.7. The third-order valence-electron chi connectivity index (χ3n) is 5.99. The highest BCUT2D eigenvalue weighted by Gasteiger charge is 2.20. The van der Waals surface area contributed by atoms with E-state index in [1.807, 2.05) is 48.0 Å². The van der Waals surface area contributed by atoms with Crippen molar-refractivity contribution in [3.05, 3.63) is 77.6 Å². The summed E-state index contributed by atoms with van der Waals surface area (Å²) in [5, 5.41) is 0. The van der Waals surface area contributed by atoms with Crippen LogP contribution in [0.25, 0.3) is 16.9 Å². The Morgan fingerprint density at radius 1 is 1.00 bits per heavy atom. The minimum atomic E-state index is -3.76. The Kier molecular flexibility index (Phi) is 5.13. The second-order valence-electron chi connectivity index (χ2n) is 8.25. The van der Waals surface area contributed by atoms with Crippen LogP contribution in [0.3, 0.4) is 0 Å². The van der Waals surface area contributed by atoms with Crippen molar-refractivity contribution in [2.75, 3.05) is 11.8 Å². The lowest BCUT2D eigenvalue weighted by molar-refractivity contribution is 0.417. The van der Waals surface area contributed by atoms with Crippen molar-refractivity contribution in [3.8, 4) is 17.0 Å². The highest BCUT2D eigenvalue weighted by Crippen LogP contribution is 2.33. The molecule has 32 heavy (non-hydrogen) atoms. The summed E-state index contributed by atoms with van der Waals surface area (Å²) in [6.45, 7) is 2.02. The predicted octanol–water partition coefficient (Wildman–Crippen LogP) is 5.00. The summed E-state index contributed by atoms with van der Waals surface area (Å²) in [4.78, 5) is 4.96. The van der Waals surface area contributed by atoms with Crippen LogP contribution in [0.15, 0.2) is 65.8 Å². The van der Waals surface area contributed by atoms with Crippen LogP contribution in [0.4, 0.5) is 5.69 Å². The van der Waals surface area contributed by atoms with Gasteiger partial charge >= 0.3 is 0 Å². The lowest BCUT2D eigenvalue weighted by Gasteiger charge is -2.17. The average molecular weight is 448 g/mol. The second kappa shape index (κ2) is 7.98. The number of methoxy groups -OCH3 is 1. The van der Waals surface area contributed by atoms with Crippen molar-refractivity contribution in [2.45, 2.75) is 37.5 Å². The molecule has 0 spiro atoms. The summed E-state index contributed by atoms with van der Waals surface area (Å²) in [7, 11) is -2.24. The van der Waals surface area contributed by atoms with Gasteiger partial charge in [-0.15, -0.1) is 0 Å². The van der Waals surface area contributed by atoms with Gasteiger partial charge in [0.1, 0.15) is 11.4 Å². The largest absolute Gasteiger partial charge is 0.495 e. The van der Waals surface area contributed by atoms with E-state index in [1.54, 1.807) is 24.3 Å². The van der Waals surface area contributed by atoms with Crippen molar-refractivity contribution in [1.29, 1.82) is 0 Å². The number of anilines is 1. The summed E-state index contributed by atoms with van der Waals surface area (Å²) < 4.78 is 36.5. The fourth-order valence-electron chi connectivity index (χ4n) is 4.25. The Balaban J connectivity index is 1.51. The van der Waals surface area contributed by atoms with Crippen molar-refractivity contribution < 1.29 is 13.2 Å². The molecule has 1 N–H and O–H groups in total. The fraction of sp³-hybridized carbons (Fsp3) is 0.240. The van der Waals surface area contributed by atoms with Gasteiger partial charge in [0, 0.05) is 18.0 Å². The molecule has 7 heteroatoms. The highest BCUT2D eigenvalue weighted by molar-refractivity contribution is 7.92. The Morgan fingerprint density at radius 3 is 2.62 bits per heavy atom. The number of nitrogens with zero attached hydrogens (tertiary/aromatic N) is 2. The summed E-state index contributed by atoms with van der Waals surface area (Å²) in [6, 6.07) is 14.9. The maximum Gasteiger partial charge on any atom is 0.262 e. The zero-order valence-electron chi connectivity index (χ0n) is 18.1. The first-order valence-corrected chi connectivity index (χ1v) is 12.2. The van der Waals surface area contributed by atoms with Crippen LogP contribution in [0.2, 0.25) is 0 Å². The molecule has 0 radical (unpaired) electrons. The molecule has 0 unspecified atom stereocenters. The number of aromatic nitrogens is 2. The number of hydrogen-bond donors (Lipinski definition) is 1. The molecule has 0 saturated heterocycles. The molecular formula is C25H25N3O3S. The Morgan fingerprint density at radius 2 is 1.81 bits per heavy atom. The number of fused-ring (bicyclic) bond motifs is 2. The molecular weight excluding hydrogens is 422 g/mol. The van der Waals surface area contributed by atoms with Gasteiger partial charge in [-0.3, -0.25) is 4.72 Å². The first kappa shape index (κ1) is 20.6. The zero-order valence-corrected chi connectivity index (χ0v) is 18.9. The lowest BCUT2D eigenvalue weighted by Crippen LogP contribution is -2.15. The number of nitrogens with one attached hydrogen (secondary N) is 1. The minimum absolute atomic E-state index is 0.272. The van der Waals surface area contributed by atoms with Gasteiger partial charge in [0.15, 0.2) is 0 Å². The van der Waals surface area contributed by atoms with E-state index in [1.165, 1.54) is 12.7 Å². The van der Waals surface area contributed by atoms with E-state index in [4.69, 9.17) is 4.74 Å². The van der Waals surface area contributed by atoms with Gasteiger partial charge in [0.05, 0.1) is 23.4 Å². The molecule has 0 amide bonds. The first-order chi connectivity index (χ1) is 15.4. The number of pyridine rings is 1. The molecule has 0 fully saturated rings. The van der Waals surface area contributed by atoms with E-state index < -0.39 is 10.0 Å². The number of benzene rings is 2. The smallest absolute Gasteiger partial charge is 0.262 e. The number of sulfonamides is 1. The van der Waals surface area contributed by atoms with Crippen molar-refractivity contribution >= 4 is 21.4 Å². The average Bonchev–Trinajstić information content (AvgIpc) is 3.21. The molecule has 0 aliphatic heterocycles. The fourth-order valence-corrected chi connectivity index (χ4v) is 5.36. The molecule has 0 saturated carbocycles. The summed E-state index contributed by atoms with van der Waals surface area (Å²) in [5.41, 5.74) is 6.28. The molecule has 1 aliphatic rings. The molecule has 0 bridgehead atoms. The van der Waals surface area contributed by atoms with E-state index in [9.17, 15) is 8.42 Å². The molecule has 2 aromatic heterocycles. The maximum atomic E-state index is 13.2. The monoisotopic (exact) mass is 447 g/mol. The Hall–Kier alpha value is -3.32. The van der Waals surface area contributed by atoms with Gasteiger partial charge < -0.3 is 9.14 Å². The van der Waals surface area contributed by atoms with Crippen LogP contribution in [0.5, 0.6) is 5.75 Å². The molecule has 2 heterocycles. The van der Waals surface area contributed by atoms with Gasteiger partial charge in [-0.1, -0.05) is 6.07 Å². The minimum Gasteiger partial charge on any atom is -0.495 e. The van der Waals surface area contributed by atoms with Crippen molar-refractivity contribution in [3.63, 3.8) is 0 Å². The Bertz CT molecular complexity index is 1420. The van der Waals surface area contributed by atoms with E-state index in [2.05, 4.69) is 9.71 Å². The summed E-state index contributed by atoms with van der Waals surface area (Å²) in [6.07, 6.45) is 8.08. The van der Waals surface area contributed by atoms with Crippen LogP contribution < -0.4 is 9.46 Å². The molecule has 4 aromatic rings. The molecule has 0 atom stereocenters. The van der Waals surface area contributed by atoms with Crippen LogP contribution in [-0.4, -0.2) is 24.9 Å². The third kappa shape index (κ3) is 3.84. The number of ether oxygens (including phenoxy) is 1. The van der Waals surface area contributed by atoms with E-state index >= 15 is 0 Å². The maximum absolute atomic E-state index is 13.2. The number of aryl methyl sites for hydroxylation is 3. The summed E-state index contributed by atoms with van der Waals surface area (Å²) in [5.74, 6) is 0.454. The van der Waals surface area contributed by atoms with Crippen LogP contribution >= 0.6 is 0 Å². The lowest BCUT2D eigenvalue weighted by atomic mass is 9.92. The third-order valence-corrected chi connectivity index (χ3v) is 7.35. The van der Waals surface area contributed by atoms with Crippen LogP contribution in [0, 0.1) is 6.92 Å². The number of hydrogen-bond acceptors (Lipinski definition) is 4. The Labute approximate surface area is 187 Å². The second-order valence-corrected chi connectivity index (χ2v) is 9.94. The molecule has 5 rings (SSSR count). The van der Waals surface area contributed by atoms with E-state index in [-0.39, 0.29) is 4.90 Å². The van der Waals surface area contributed by atoms with Crippen LogP contribution in [0.1, 0.15) is 29.5 Å². The van der Waals surface area contributed by atoms with Crippen molar-refractivity contribution in [2.24, 2.45) is 0 Å². The first-order valence-electron chi connectivity index (χ1n) is 10.7.